The summed E-state index contributed by atoms with van der Waals surface area (Å²) in [6.07, 6.45) is 1.66. The molecule has 1 aromatic rings. The van der Waals surface area contributed by atoms with E-state index in [-0.39, 0.29) is 17.9 Å². The van der Waals surface area contributed by atoms with Gasteiger partial charge in [-0.05, 0) is 24.5 Å². The molecule has 1 amide bonds. The highest BCUT2D eigenvalue weighted by molar-refractivity contribution is 6.31. The molecule has 1 N–H and O–H groups in total. The summed E-state index contributed by atoms with van der Waals surface area (Å²) < 4.78 is 5.36. The SMILES string of the molecule is O=C(C1CCOCC1)N1CCNCC1c1ccccc1Cl. The monoisotopic (exact) mass is 308 g/mol. The average molecular weight is 309 g/mol. The summed E-state index contributed by atoms with van der Waals surface area (Å²) in [6.45, 7) is 3.74. The Morgan fingerprint density at radius 1 is 1.29 bits per heavy atom. The molecule has 1 aromatic carbocycles. The van der Waals surface area contributed by atoms with Crippen LogP contribution in [0, 0.1) is 5.92 Å². The van der Waals surface area contributed by atoms with Crippen molar-refractivity contribution in [2.24, 2.45) is 5.92 Å². The Kier molecular flexibility index (Phi) is 4.78. The highest BCUT2D eigenvalue weighted by atomic mass is 35.5. The predicted octanol–water partition coefficient (Wildman–Crippen LogP) is 2.24. The van der Waals surface area contributed by atoms with Crippen molar-refractivity contribution in [3.63, 3.8) is 0 Å². The van der Waals surface area contributed by atoms with Gasteiger partial charge in [0.25, 0.3) is 0 Å². The number of hydrogen-bond acceptors (Lipinski definition) is 3. The third-order valence-electron chi connectivity index (χ3n) is 4.36. The van der Waals surface area contributed by atoms with E-state index < -0.39 is 0 Å². The van der Waals surface area contributed by atoms with Gasteiger partial charge >= 0.3 is 0 Å². The van der Waals surface area contributed by atoms with Gasteiger partial charge in [0, 0.05) is 43.8 Å². The van der Waals surface area contributed by atoms with Gasteiger partial charge in [0.2, 0.25) is 5.91 Å². The number of rotatable bonds is 2. The molecule has 5 heteroatoms. The topological polar surface area (TPSA) is 41.6 Å². The lowest BCUT2D eigenvalue weighted by molar-refractivity contribution is -0.142. The van der Waals surface area contributed by atoms with E-state index in [9.17, 15) is 4.79 Å². The molecule has 114 valence electrons. The Morgan fingerprint density at radius 3 is 2.81 bits per heavy atom. The average Bonchev–Trinajstić information content (AvgIpc) is 2.55. The molecule has 0 radical (unpaired) electrons. The molecule has 3 rings (SSSR count). The lowest BCUT2D eigenvalue weighted by atomic mass is 9.95. The van der Waals surface area contributed by atoms with Crippen LogP contribution in [0.15, 0.2) is 24.3 Å². The minimum atomic E-state index is 0.0304. The second-order valence-electron chi connectivity index (χ2n) is 5.66. The molecule has 0 spiro atoms. The summed E-state index contributed by atoms with van der Waals surface area (Å²) >= 11 is 6.33. The molecular formula is C16H21ClN2O2. The summed E-state index contributed by atoms with van der Waals surface area (Å²) in [4.78, 5) is 14.9. The number of piperazine rings is 1. The minimum Gasteiger partial charge on any atom is -0.381 e. The maximum atomic E-state index is 12.8. The van der Waals surface area contributed by atoms with Crippen molar-refractivity contribution >= 4 is 17.5 Å². The summed E-state index contributed by atoms with van der Waals surface area (Å²) in [5, 5.41) is 4.10. The summed E-state index contributed by atoms with van der Waals surface area (Å²) in [7, 11) is 0. The first-order valence-electron chi connectivity index (χ1n) is 7.61. The van der Waals surface area contributed by atoms with E-state index in [4.69, 9.17) is 16.3 Å². The fraction of sp³-hybridized carbons (Fsp3) is 0.562. The fourth-order valence-electron chi connectivity index (χ4n) is 3.17. The van der Waals surface area contributed by atoms with Crippen molar-refractivity contribution in [2.75, 3.05) is 32.8 Å². The third-order valence-corrected chi connectivity index (χ3v) is 4.71. The van der Waals surface area contributed by atoms with Crippen LogP contribution < -0.4 is 5.32 Å². The first kappa shape index (κ1) is 14.8. The first-order chi connectivity index (χ1) is 10.3. The number of amides is 1. The Labute approximate surface area is 130 Å². The zero-order valence-corrected chi connectivity index (χ0v) is 12.8. The van der Waals surface area contributed by atoms with E-state index in [1.54, 1.807) is 0 Å². The van der Waals surface area contributed by atoms with Crippen LogP contribution in [0.1, 0.15) is 24.4 Å². The van der Waals surface area contributed by atoms with Crippen LogP contribution in [0.4, 0.5) is 0 Å². The molecule has 2 fully saturated rings. The van der Waals surface area contributed by atoms with Crippen LogP contribution in [0.2, 0.25) is 5.02 Å². The van der Waals surface area contributed by atoms with Crippen LogP contribution in [-0.4, -0.2) is 43.7 Å². The Bertz CT molecular complexity index is 503. The zero-order valence-electron chi connectivity index (χ0n) is 12.1. The van der Waals surface area contributed by atoms with Crippen molar-refractivity contribution < 1.29 is 9.53 Å². The van der Waals surface area contributed by atoms with Gasteiger partial charge in [-0.25, -0.2) is 0 Å². The van der Waals surface area contributed by atoms with Crippen molar-refractivity contribution in [1.29, 1.82) is 0 Å². The third kappa shape index (κ3) is 3.23. The van der Waals surface area contributed by atoms with Crippen LogP contribution >= 0.6 is 11.6 Å². The molecule has 0 saturated carbocycles. The molecule has 1 unspecified atom stereocenters. The molecule has 2 aliphatic rings. The molecule has 21 heavy (non-hydrogen) atoms. The Balaban J connectivity index is 1.81. The second-order valence-corrected chi connectivity index (χ2v) is 6.07. The van der Waals surface area contributed by atoms with Crippen molar-refractivity contribution in [2.45, 2.75) is 18.9 Å². The largest absolute Gasteiger partial charge is 0.381 e. The van der Waals surface area contributed by atoms with Crippen LogP contribution in [0.25, 0.3) is 0 Å². The number of nitrogens with zero attached hydrogens (tertiary/aromatic N) is 1. The van der Waals surface area contributed by atoms with E-state index in [1.165, 1.54) is 0 Å². The standard InChI is InChI=1S/C16H21ClN2O2/c17-14-4-2-1-3-13(14)15-11-18-7-8-19(15)16(20)12-5-9-21-10-6-12/h1-4,12,15,18H,5-11H2. The van der Waals surface area contributed by atoms with Gasteiger partial charge in [0.1, 0.15) is 0 Å². The van der Waals surface area contributed by atoms with Crippen LogP contribution in [0.3, 0.4) is 0 Å². The summed E-state index contributed by atoms with van der Waals surface area (Å²) in [6, 6.07) is 7.84. The molecule has 0 bridgehead atoms. The maximum Gasteiger partial charge on any atom is 0.226 e. The molecule has 2 saturated heterocycles. The van der Waals surface area contributed by atoms with Crippen LogP contribution in [0.5, 0.6) is 0 Å². The lowest BCUT2D eigenvalue weighted by Crippen LogP contribution is -2.51. The maximum absolute atomic E-state index is 12.8. The second kappa shape index (κ2) is 6.77. The van der Waals surface area contributed by atoms with Gasteiger partial charge in [-0.2, -0.15) is 0 Å². The quantitative estimate of drug-likeness (QED) is 0.911. The molecule has 1 atom stereocenters. The highest BCUT2D eigenvalue weighted by Gasteiger charge is 2.33. The number of carbonyl (C=O) groups is 1. The number of halogens is 1. The predicted molar refractivity (Wildman–Crippen MR) is 82.3 cm³/mol. The molecular weight excluding hydrogens is 288 g/mol. The lowest BCUT2D eigenvalue weighted by Gasteiger charge is -2.39. The molecule has 2 heterocycles. The normalized spacial score (nSPS) is 24.0. The smallest absolute Gasteiger partial charge is 0.226 e. The van der Waals surface area contributed by atoms with E-state index in [1.807, 2.05) is 29.2 Å². The van der Waals surface area contributed by atoms with Crippen molar-refractivity contribution in [3.05, 3.63) is 34.9 Å². The Hall–Kier alpha value is -1.10. The number of ether oxygens (including phenoxy) is 1. The van der Waals surface area contributed by atoms with E-state index in [2.05, 4.69) is 5.32 Å². The number of hydrogen-bond donors (Lipinski definition) is 1. The Morgan fingerprint density at radius 2 is 2.05 bits per heavy atom. The van der Waals surface area contributed by atoms with Gasteiger partial charge < -0.3 is 15.0 Å². The van der Waals surface area contributed by atoms with E-state index >= 15 is 0 Å². The van der Waals surface area contributed by atoms with Crippen molar-refractivity contribution in [1.82, 2.24) is 10.2 Å². The molecule has 0 aromatic heterocycles. The van der Waals surface area contributed by atoms with Crippen molar-refractivity contribution in [3.8, 4) is 0 Å². The summed E-state index contributed by atoms with van der Waals surface area (Å²) in [5.41, 5.74) is 1.03. The van der Waals surface area contributed by atoms with Crippen LogP contribution in [-0.2, 0) is 9.53 Å². The zero-order chi connectivity index (χ0) is 14.7. The van der Waals surface area contributed by atoms with Gasteiger partial charge in [-0.3, -0.25) is 4.79 Å². The number of nitrogens with one attached hydrogen (secondary N) is 1. The number of benzene rings is 1. The molecule has 2 aliphatic heterocycles. The van der Waals surface area contributed by atoms with Gasteiger partial charge in [-0.15, -0.1) is 0 Å². The first-order valence-corrected chi connectivity index (χ1v) is 7.98. The van der Waals surface area contributed by atoms with Gasteiger partial charge in [-0.1, -0.05) is 29.8 Å². The van der Waals surface area contributed by atoms with E-state index in [0.717, 1.165) is 43.1 Å². The van der Waals surface area contributed by atoms with E-state index in [0.29, 0.717) is 13.2 Å². The van der Waals surface area contributed by atoms with Gasteiger partial charge in [0.15, 0.2) is 0 Å². The minimum absolute atomic E-state index is 0.0304. The highest BCUT2D eigenvalue weighted by Crippen LogP contribution is 2.30. The molecule has 4 nitrogen and oxygen atoms in total. The molecule has 0 aliphatic carbocycles. The van der Waals surface area contributed by atoms with Gasteiger partial charge in [0.05, 0.1) is 6.04 Å². The summed E-state index contributed by atoms with van der Waals surface area (Å²) in [5.74, 6) is 0.353. The number of carbonyl (C=O) groups excluding carboxylic acids is 1. The fourth-order valence-corrected chi connectivity index (χ4v) is 3.43.